The van der Waals surface area contributed by atoms with Gasteiger partial charge in [-0.15, -0.1) is 0 Å². The molecule has 2 aromatic rings. The Morgan fingerprint density at radius 3 is 2.89 bits per heavy atom. The molecule has 3 rings (SSSR count). The van der Waals surface area contributed by atoms with Crippen LogP contribution < -0.4 is 11.0 Å². The molecule has 100 valence electrons. The number of anilines is 1. The topological polar surface area (TPSA) is 127 Å². The summed E-state index contributed by atoms with van der Waals surface area (Å²) in [5, 5.41) is 18.8. The average Bonchev–Trinajstić information content (AvgIpc) is 3.01. The highest BCUT2D eigenvalue weighted by Crippen LogP contribution is 2.39. The van der Waals surface area contributed by atoms with Gasteiger partial charge in [0.25, 0.3) is 0 Å². The molecule has 8 heteroatoms. The van der Waals surface area contributed by atoms with E-state index in [4.69, 9.17) is 0 Å². The summed E-state index contributed by atoms with van der Waals surface area (Å²) >= 11 is 0. The molecule has 0 unspecified atom stereocenters. The molecule has 2 aromatic heterocycles. The van der Waals surface area contributed by atoms with Crippen LogP contribution in [0.3, 0.4) is 0 Å². The maximum atomic E-state index is 11.7. The van der Waals surface area contributed by atoms with Gasteiger partial charge in [0.2, 0.25) is 11.8 Å². The summed E-state index contributed by atoms with van der Waals surface area (Å²) in [6.45, 7) is 0. The second-order valence-corrected chi connectivity index (χ2v) is 4.61. The van der Waals surface area contributed by atoms with E-state index in [1.165, 1.54) is 0 Å². The molecule has 1 aliphatic rings. The molecule has 8 nitrogen and oxygen atoms in total. The van der Waals surface area contributed by atoms with Gasteiger partial charge in [0.05, 0.1) is 12.1 Å². The van der Waals surface area contributed by atoms with Crippen LogP contribution >= 0.6 is 0 Å². The van der Waals surface area contributed by atoms with Crippen molar-refractivity contribution in [3.05, 3.63) is 27.9 Å². The SMILES string of the molecule is O=C(Cc1[nH]c(=O)[nH]c1O)Nc1cc(C2CC2)[nH]n1. The molecule has 0 saturated heterocycles. The fourth-order valence-electron chi connectivity index (χ4n) is 1.89. The Labute approximate surface area is 107 Å². The highest BCUT2D eigenvalue weighted by Gasteiger charge is 2.25. The predicted octanol–water partition coefficient (Wildman–Crippen LogP) is 0.190. The first-order valence-electron chi connectivity index (χ1n) is 5.97. The largest absolute Gasteiger partial charge is 0.493 e. The van der Waals surface area contributed by atoms with Crippen molar-refractivity contribution in [3.8, 4) is 5.88 Å². The molecule has 0 atom stereocenters. The molecule has 2 heterocycles. The normalized spacial score (nSPS) is 14.5. The molecule has 0 spiro atoms. The number of aromatic amines is 3. The number of carbonyl (C=O) groups is 1. The predicted molar refractivity (Wildman–Crippen MR) is 66.0 cm³/mol. The number of hydrogen-bond acceptors (Lipinski definition) is 4. The van der Waals surface area contributed by atoms with Gasteiger partial charge >= 0.3 is 5.69 Å². The van der Waals surface area contributed by atoms with Crippen molar-refractivity contribution < 1.29 is 9.90 Å². The molecule has 19 heavy (non-hydrogen) atoms. The fourth-order valence-corrected chi connectivity index (χ4v) is 1.89. The molecule has 0 aliphatic heterocycles. The summed E-state index contributed by atoms with van der Waals surface area (Å²) in [6.07, 6.45) is 2.16. The van der Waals surface area contributed by atoms with Gasteiger partial charge in [-0.25, -0.2) is 4.79 Å². The molecule has 5 N–H and O–H groups in total. The van der Waals surface area contributed by atoms with Crippen molar-refractivity contribution in [3.63, 3.8) is 0 Å². The van der Waals surface area contributed by atoms with Crippen LogP contribution in [-0.4, -0.2) is 31.2 Å². The van der Waals surface area contributed by atoms with Crippen LogP contribution in [0, 0.1) is 0 Å². The number of rotatable bonds is 4. The lowest BCUT2D eigenvalue weighted by Gasteiger charge is -1.99. The first kappa shape index (κ1) is 11.6. The van der Waals surface area contributed by atoms with Crippen LogP contribution in [0.25, 0.3) is 0 Å². The summed E-state index contributed by atoms with van der Waals surface area (Å²) in [7, 11) is 0. The first-order chi connectivity index (χ1) is 9.11. The smallest absolute Gasteiger partial charge is 0.325 e. The van der Waals surface area contributed by atoms with Crippen molar-refractivity contribution in [1.29, 1.82) is 0 Å². The Morgan fingerprint density at radius 1 is 1.47 bits per heavy atom. The van der Waals surface area contributed by atoms with Crippen LogP contribution in [0.2, 0.25) is 0 Å². The van der Waals surface area contributed by atoms with Crippen LogP contribution in [0.1, 0.15) is 30.1 Å². The van der Waals surface area contributed by atoms with E-state index >= 15 is 0 Å². The Bertz CT molecular complexity index is 664. The third-order valence-electron chi connectivity index (χ3n) is 3.00. The zero-order valence-electron chi connectivity index (χ0n) is 9.99. The third-order valence-corrected chi connectivity index (χ3v) is 3.00. The molecular weight excluding hydrogens is 250 g/mol. The number of nitrogens with one attached hydrogen (secondary N) is 4. The van der Waals surface area contributed by atoms with Gasteiger partial charge in [0.1, 0.15) is 0 Å². The second-order valence-electron chi connectivity index (χ2n) is 4.61. The van der Waals surface area contributed by atoms with E-state index < -0.39 is 5.69 Å². The molecule has 1 amide bonds. The standard InChI is InChI=1S/C11H13N5O3/c17-9(4-7-10(18)14-11(19)12-7)13-8-3-6(15-16-8)5-1-2-5/h3,5,18H,1-2,4H2,(H2,12,14,19)(H2,13,15,16,17). The minimum atomic E-state index is -0.545. The maximum Gasteiger partial charge on any atom is 0.325 e. The Morgan fingerprint density at radius 2 is 2.26 bits per heavy atom. The number of H-pyrrole nitrogens is 3. The summed E-state index contributed by atoms with van der Waals surface area (Å²) < 4.78 is 0. The lowest BCUT2D eigenvalue weighted by molar-refractivity contribution is -0.115. The van der Waals surface area contributed by atoms with E-state index in [0.717, 1.165) is 18.5 Å². The van der Waals surface area contributed by atoms with E-state index in [1.807, 2.05) is 0 Å². The number of aromatic hydroxyl groups is 1. The van der Waals surface area contributed by atoms with Crippen molar-refractivity contribution in [2.45, 2.75) is 25.2 Å². The highest BCUT2D eigenvalue weighted by atomic mass is 16.3. The van der Waals surface area contributed by atoms with Crippen molar-refractivity contribution in [2.75, 3.05) is 5.32 Å². The third kappa shape index (κ3) is 2.51. The molecule has 1 saturated carbocycles. The molecule has 0 bridgehead atoms. The van der Waals surface area contributed by atoms with Crippen LogP contribution in [0.4, 0.5) is 5.82 Å². The summed E-state index contributed by atoms with van der Waals surface area (Å²) in [4.78, 5) is 27.1. The van der Waals surface area contributed by atoms with Gasteiger partial charge in [0.15, 0.2) is 5.82 Å². The lowest BCUT2D eigenvalue weighted by Crippen LogP contribution is -2.15. The monoisotopic (exact) mass is 263 g/mol. The summed E-state index contributed by atoms with van der Waals surface area (Å²) in [6, 6.07) is 1.80. The van der Waals surface area contributed by atoms with Gasteiger partial charge in [-0.3, -0.25) is 14.9 Å². The average molecular weight is 263 g/mol. The van der Waals surface area contributed by atoms with Gasteiger partial charge in [-0.2, -0.15) is 5.10 Å². The zero-order valence-corrected chi connectivity index (χ0v) is 9.99. The minimum Gasteiger partial charge on any atom is -0.493 e. The van der Waals surface area contributed by atoms with Crippen LogP contribution in [0.15, 0.2) is 10.9 Å². The Balaban J connectivity index is 1.64. The molecule has 1 aliphatic carbocycles. The van der Waals surface area contributed by atoms with Gasteiger partial charge in [0, 0.05) is 17.7 Å². The Kier molecular flexibility index (Phi) is 2.62. The minimum absolute atomic E-state index is 0.129. The van der Waals surface area contributed by atoms with Gasteiger partial charge in [-0.1, -0.05) is 0 Å². The van der Waals surface area contributed by atoms with E-state index in [-0.39, 0.29) is 23.9 Å². The van der Waals surface area contributed by atoms with E-state index in [2.05, 4.69) is 25.5 Å². The Hall–Kier alpha value is -2.51. The number of amides is 1. The summed E-state index contributed by atoms with van der Waals surface area (Å²) in [5.74, 6) is 0.299. The second kappa shape index (κ2) is 4.30. The van der Waals surface area contributed by atoms with Crippen molar-refractivity contribution in [1.82, 2.24) is 20.2 Å². The van der Waals surface area contributed by atoms with E-state index in [1.54, 1.807) is 6.07 Å². The number of imidazole rings is 1. The number of hydrogen-bond donors (Lipinski definition) is 5. The fraction of sp³-hybridized carbons (Fsp3) is 0.364. The number of carbonyl (C=O) groups excluding carboxylic acids is 1. The van der Waals surface area contributed by atoms with Gasteiger partial charge < -0.3 is 15.4 Å². The van der Waals surface area contributed by atoms with E-state index in [0.29, 0.717) is 11.7 Å². The van der Waals surface area contributed by atoms with Crippen LogP contribution in [0.5, 0.6) is 5.88 Å². The zero-order chi connectivity index (χ0) is 13.4. The number of nitrogens with zero attached hydrogens (tertiary/aromatic N) is 1. The number of aromatic nitrogens is 4. The molecule has 0 radical (unpaired) electrons. The summed E-state index contributed by atoms with van der Waals surface area (Å²) in [5.41, 5.74) is 0.629. The van der Waals surface area contributed by atoms with Crippen LogP contribution in [-0.2, 0) is 11.2 Å². The maximum absolute atomic E-state index is 11.7. The molecule has 0 aromatic carbocycles. The highest BCUT2D eigenvalue weighted by molar-refractivity contribution is 5.91. The molecule has 1 fully saturated rings. The van der Waals surface area contributed by atoms with Crippen molar-refractivity contribution >= 4 is 11.7 Å². The van der Waals surface area contributed by atoms with E-state index in [9.17, 15) is 14.7 Å². The van der Waals surface area contributed by atoms with Gasteiger partial charge in [-0.05, 0) is 12.8 Å². The quantitative estimate of drug-likeness (QED) is 0.539. The first-order valence-corrected chi connectivity index (χ1v) is 5.97. The van der Waals surface area contributed by atoms with Crippen molar-refractivity contribution in [2.24, 2.45) is 0 Å². The molecular formula is C11H13N5O3. The lowest BCUT2D eigenvalue weighted by atomic mass is 10.3.